The van der Waals surface area contributed by atoms with Crippen molar-refractivity contribution in [2.24, 2.45) is 5.73 Å². The SMILES string of the molecule is COC(=O)c1scc(C)c1S(=O)(=O)NCC(O)C(N)=O. The number of primary amides is 1. The van der Waals surface area contributed by atoms with E-state index in [1.165, 1.54) is 12.3 Å². The molecule has 1 amide bonds. The van der Waals surface area contributed by atoms with Crippen LogP contribution in [0.2, 0.25) is 0 Å². The van der Waals surface area contributed by atoms with Gasteiger partial charge in [-0.15, -0.1) is 11.3 Å². The normalized spacial score (nSPS) is 12.9. The molecule has 0 spiro atoms. The fraction of sp³-hybridized carbons (Fsp3) is 0.400. The molecule has 1 aromatic rings. The second-order valence-corrected chi connectivity index (χ2v) is 6.42. The van der Waals surface area contributed by atoms with Crippen LogP contribution in [-0.2, 0) is 19.6 Å². The third kappa shape index (κ3) is 3.54. The number of aryl methyl sites for hydroxylation is 1. The van der Waals surface area contributed by atoms with Crippen LogP contribution < -0.4 is 10.5 Å². The molecule has 8 nitrogen and oxygen atoms in total. The Kier molecular flexibility index (Phi) is 5.22. The van der Waals surface area contributed by atoms with Gasteiger partial charge in [0.1, 0.15) is 15.9 Å². The molecule has 4 N–H and O–H groups in total. The van der Waals surface area contributed by atoms with E-state index in [1.807, 2.05) is 4.72 Å². The molecule has 20 heavy (non-hydrogen) atoms. The van der Waals surface area contributed by atoms with Gasteiger partial charge in [0, 0.05) is 6.54 Å². The van der Waals surface area contributed by atoms with Gasteiger partial charge < -0.3 is 15.6 Å². The zero-order valence-corrected chi connectivity index (χ0v) is 12.4. The van der Waals surface area contributed by atoms with E-state index in [1.54, 1.807) is 0 Å². The van der Waals surface area contributed by atoms with E-state index in [0.29, 0.717) is 5.56 Å². The summed E-state index contributed by atoms with van der Waals surface area (Å²) >= 11 is 0.928. The summed E-state index contributed by atoms with van der Waals surface area (Å²) in [6.07, 6.45) is -1.65. The number of thiophene rings is 1. The first kappa shape index (κ1) is 16.6. The van der Waals surface area contributed by atoms with Gasteiger partial charge >= 0.3 is 5.97 Å². The number of aliphatic hydroxyl groups excluding tert-OH is 1. The lowest BCUT2D eigenvalue weighted by Crippen LogP contribution is -2.40. The number of ether oxygens (including phenoxy) is 1. The van der Waals surface area contributed by atoms with Crippen LogP contribution in [-0.4, -0.2) is 45.2 Å². The third-order valence-corrected chi connectivity index (χ3v) is 5.17. The molecule has 0 radical (unpaired) electrons. The zero-order valence-electron chi connectivity index (χ0n) is 10.7. The summed E-state index contributed by atoms with van der Waals surface area (Å²) in [7, 11) is -2.93. The summed E-state index contributed by atoms with van der Waals surface area (Å²) in [6.45, 7) is 0.940. The minimum Gasteiger partial charge on any atom is -0.465 e. The van der Waals surface area contributed by atoms with Gasteiger partial charge in [-0.05, 0) is 17.9 Å². The molecule has 1 unspecified atom stereocenters. The summed E-state index contributed by atoms with van der Waals surface area (Å²) in [5.41, 5.74) is 5.18. The number of hydrogen-bond acceptors (Lipinski definition) is 7. The van der Waals surface area contributed by atoms with Gasteiger partial charge in [0.05, 0.1) is 7.11 Å². The van der Waals surface area contributed by atoms with Crippen LogP contribution in [0.3, 0.4) is 0 Å². The molecular weight excluding hydrogens is 308 g/mol. The number of carbonyl (C=O) groups is 2. The maximum Gasteiger partial charge on any atom is 0.349 e. The lowest BCUT2D eigenvalue weighted by Gasteiger charge is -2.10. The van der Waals surface area contributed by atoms with Crippen molar-refractivity contribution in [1.29, 1.82) is 0 Å². The largest absolute Gasteiger partial charge is 0.465 e. The number of aliphatic hydroxyl groups is 1. The minimum absolute atomic E-state index is 0.0777. The summed E-state index contributed by atoms with van der Waals surface area (Å²) in [5, 5.41) is 10.7. The molecule has 1 heterocycles. The van der Waals surface area contributed by atoms with Gasteiger partial charge in [0.25, 0.3) is 0 Å². The second-order valence-electron chi connectivity index (χ2n) is 3.84. The molecule has 112 valence electrons. The number of rotatable bonds is 6. The van der Waals surface area contributed by atoms with E-state index in [9.17, 15) is 23.1 Å². The number of amides is 1. The molecule has 1 rings (SSSR count). The predicted molar refractivity (Wildman–Crippen MR) is 70.8 cm³/mol. The van der Waals surface area contributed by atoms with Crippen molar-refractivity contribution in [3.8, 4) is 0 Å². The monoisotopic (exact) mass is 322 g/mol. The summed E-state index contributed by atoms with van der Waals surface area (Å²) in [4.78, 5) is 21.9. The summed E-state index contributed by atoms with van der Waals surface area (Å²) in [6, 6.07) is 0. The Morgan fingerprint density at radius 2 is 2.15 bits per heavy atom. The molecule has 0 fully saturated rings. The van der Waals surface area contributed by atoms with Crippen molar-refractivity contribution >= 4 is 33.2 Å². The van der Waals surface area contributed by atoms with E-state index in [4.69, 9.17) is 5.73 Å². The molecule has 10 heteroatoms. The Hall–Kier alpha value is -1.49. The number of esters is 1. The van der Waals surface area contributed by atoms with E-state index < -0.39 is 34.5 Å². The van der Waals surface area contributed by atoms with Gasteiger partial charge in [0.2, 0.25) is 15.9 Å². The molecular formula is C10H14N2O6S2. The van der Waals surface area contributed by atoms with E-state index in [-0.39, 0.29) is 9.77 Å². The van der Waals surface area contributed by atoms with Crippen molar-refractivity contribution < 1.29 is 27.9 Å². The van der Waals surface area contributed by atoms with E-state index >= 15 is 0 Å². The highest BCUT2D eigenvalue weighted by atomic mass is 32.2. The van der Waals surface area contributed by atoms with Crippen LogP contribution in [0.5, 0.6) is 0 Å². The average Bonchev–Trinajstić information content (AvgIpc) is 2.77. The molecule has 0 saturated heterocycles. The van der Waals surface area contributed by atoms with Crippen LogP contribution >= 0.6 is 11.3 Å². The Bertz CT molecular complexity index is 622. The van der Waals surface area contributed by atoms with Crippen molar-refractivity contribution in [1.82, 2.24) is 4.72 Å². The molecule has 1 aromatic heterocycles. The predicted octanol–water partition coefficient (Wildman–Crippen LogP) is -1.03. The number of carbonyl (C=O) groups excluding carboxylic acids is 2. The van der Waals surface area contributed by atoms with Crippen LogP contribution in [0.4, 0.5) is 0 Å². The van der Waals surface area contributed by atoms with E-state index in [0.717, 1.165) is 18.4 Å². The minimum atomic E-state index is -4.07. The topological polar surface area (TPSA) is 136 Å². The third-order valence-electron chi connectivity index (χ3n) is 2.35. The second kappa shape index (κ2) is 6.31. The molecule has 0 aliphatic carbocycles. The fourth-order valence-corrected chi connectivity index (χ4v) is 4.10. The Labute approximate surface area is 119 Å². The highest BCUT2D eigenvalue weighted by molar-refractivity contribution is 7.89. The first-order chi connectivity index (χ1) is 9.20. The Morgan fingerprint density at radius 3 is 2.65 bits per heavy atom. The van der Waals surface area contributed by atoms with Crippen molar-refractivity contribution in [2.45, 2.75) is 17.9 Å². The Balaban J connectivity index is 3.07. The van der Waals surface area contributed by atoms with Crippen molar-refractivity contribution in [2.75, 3.05) is 13.7 Å². The van der Waals surface area contributed by atoms with Gasteiger partial charge in [-0.2, -0.15) is 0 Å². The molecule has 1 atom stereocenters. The first-order valence-corrected chi connectivity index (χ1v) is 7.70. The number of hydrogen-bond donors (Lipinski definition) is 3. The highest BCUT2D eigenvalue weighted by Crippen LogP contribution is 2.27. The standard InChI is InChI=1S/C10H14N2O6S2/c1-5-4-19-7(10(15)18-2)8(5)20(16,17)12-3-6(13)9(11)14/h4,6,12-13H,3H2,1-2H3,(H2,11,14). The average molecular weight is 322 g/mol. The first-order valence-electron chi connectivity index (χ1n) is 5.34. The number of nitrogens with one attached hydrogen (secondary N) is 1. The summed E-state index contributed by atoms with van der Waals surface area (Å²) < 4.78 is 30.7. The highest BCUT2D eigenvalue weighted by Gasteiger charge is 2.28. The molecule has 0 saturated carbocycles. The fourth-order valence-electron chi connectivity index (χ4n) is 1.36. The number of methoxy groups -OCH3 is 1. The van der Waals surface area contributed by atoms with Gasteiger partial charge in [-0.3, -0.25) is 4.79 Å². The van der Waals surface area contributed by atoms with E-state index in [2.05, 4.69) is 4.74 Å². The van der Waals surface area contributed by atoms with Crippen LogP contribution in [0.15, 0.2) is 10.3 Å². The number of nitrogens with two attached hydrogens (primary N) is 1. The lowest BCUT2D eigenvalue weighted by atomic mass is 10.3. The van der Waals surface area contributed by atoms with Gasteiger partial charge in [-0.25, -0.2) is 17.9 Å². The maximum atomic E-state index is 12.1. The molecule has 0 aliphatic rings. The Morgan fingerprint density at radius 1 is 1.55 bits per heavy atom. The van der Waals surface area contributed by atoms with Gasteiger partial charge in [-0.1, -0.05) is 0 Å². The number of sulfonamides is 1. The van der Waals surface area contributed by atoms with Crippen LogP contribution in [0, 0.1) is 6.92 Å². The lowest BCUT2D eigenvalue weighted by molar-refractivity contribution is -0.125. The summed E-state index contributed by atoms with van der Waals surface area (Å²) in [5.74, 6) is -1.83. The zero-order chi connectivity index (χ0) is 15.5. The maximum absolute atomic E-state index is 12.1. The van der Waals surface area contributed by atoms with Crippen molar-refractivity contribution in [3.63, 3.8) is 0 Å². The molecule has 0 aromatic carbocycles. The van der Waals surface area contributed by atoms with Crippen LogP contribution in [0.25, 0.3) is 0 Å². The van der Waals surface area contributed by atoms with Crippen LogP contribution in [0.1, 0.15) is 15.2 Å². The smallest absolute Gasteiger partial charge is 0.349 e. The molecule has 0 bridgehead atoms. The van der Waals surface area contributed by atoms with Crippen molar-refractivity contribution in [3.05, 3.63) is 15.8 Å². The quantitative estimate of drug-likeness (QED) is 0.573. The molecule has 0 aliphatic heterocycles. The van der Waals surface area contributed by atoms with Gasteiger partial charge in [0.15, 0.2) is 0 Å².